The molecule has 0 saturated heterocycles. The van der Waals surface area contributed by atoms with E-state index in [1.54, 1.807) is 25.3 Å². The first-order valence-electron chi connectivity index (χ1n) is 8.19. The van der Waals surface area contributed by atoms with Crippen molar-refractivity contribution >= 4 is 11.6 Å². The van der Waals surface area contributed by atoms with E-state index in [1.165, 1.54) is 7.11 Å². The molecule has 0 saturated carbocycles. The fraction of sp³-hybridized carbons (Fsp3) is 0.300. The van der Waals surface area contributed by atoms with E-state index in [4.69, 9.17) is 9.47 Å². The summed E-state index contributed by atoms with van der Waals surface area (Å²) in [7, 11) is 3.09. The van der Waals surface area contributed by atoms with Gasteiger partial charge in [0.2, 0.25) is 0 Å². The van der Waals surface area contributed by atoms with E-state index < -0.39 is 0 Å². The third-order valence-electron chi connectivity index (χ3n) is 3.65. The van der Waals surface area contributed by atoms with Crippen LogP contribution in [0.5, 0.6) is 11.5 Å². The number of hydrogen-bond donors (Lipinski definition) is 1. The summed E-state index contributed by atoms with van der Waals surface area (Å²) in [6, 6.07) is 14.9. The fourth-order valence-corrected chi connectivity index (χ4v) is 2.41. The van der Waals surface area contributed by atoms with E-state index in [0.29, 0.717) is 23.0 Å². The number of hydrogen-bond acceptors (Lipinski definition) is 4. The second-order valence-corrected chi connectivity index (χ2v) is 6.03. The lowest BCUT2D eigenvalue weighted by Gasteiger charge is -2.11. The lowest BCUT2D eigenvalue weighted by atomic mass is 10.0. The first kappa shape index (κ1) is 18.5. The Labute approximate surface area is 148 Å². The number of carbonyl (C=O) groups is 1. The van der Waals surface area contributed by atoms with E-state index in [1.807, 2.05) is 30.3 Å². The van der Waals surface area contributed by atoms with Crippen molar-refractivity contribution in [2.75, 3.05) is 14.2 Å². The zero-order chi connectivity index (χ0) is 18.2. The van der Waals surface area contributed by atoms with Crippen molar-refractivity contribution in [3.8, 4) is 11.5 Å². The normalized spacial score (nSPS) is 11.3. The fourth-order valence-electron chi connectivity index (χ4n) is 2.41. The van der Waals surface area contributed by atoms with Crippen molar-refractivity contribution < 1.29 is 14.3 Å². The van der Waals surface area contributed by atoms with Crippen LogP contribution in [0.25, 0.3) is 0 Å². The molecule has 1 N–H and O–H groups in total. The summed E-state index contributed by atoms with van der Waals surface area (Å²) in [5.74, 6) is 1.21. The number of hydrazone groups is 1. The number of nitrogens with zero attached hydrogens (tertiary/aromatic N) is 1. The van der Waals surface area contributed by atoms with Gasteiger partial charge in [0.25, 0.3) is 5.91 Å². The van der Waals surface area contributed by atoms with Crippen molar-refractivity contribution in [1.82, 2.24) is 5.43 Å². The molecule has 25 heavy (non-hydrogen) atoms. The second kappa shape index (κ2) is 8.87. The molecular weight excluding hydrogens is 316 g/mol. The van der Waals surface area contributed by atoms with Gasteiger partial charge < -0.3 is 9.47 Å². The molecule has 1 amide bonds. The zero-order valence-corrected chi connectivity index (χ0v) is 15.1. The molecule has 2 rings (SSSR count). The molecule has 0 atom stereocenters. The molecule has 0 unspecified atom stereocenters. The second-order valence-electron chi connectivity index (χ2n) is 6.03. The molecule has 5 nitrogen and oxygen atoms in total. The Hall–Kier alpha value is -2.82. The number of rotatable bonds is 7. The van der Waals surface area contributed by atoms with Gasteiger partial charge in [0.1, 0.15) is 0 Å². The monoisotopic (exact) mass is 340 g/mol. The molecule has 0 aliphatic heterocycles. The molecule has 0 spiro atoms. The van der Waals surface area contributed by atoms with Crippen LogP contribution in [0.1, 0.15) is 36.2 Å². The van der Waals surface area contributed by atoms with Crippen molar-refractivity contribution in [2.45, 2.75) is 20.3 Å². The third-order valence-corrected chi connectivity index (χ3v) is 3.65. The van der Waals surface area contributed by atoms with Crippen LogP contribution in [0.15, 0.2) is 53.6 Å². The minimum absolute atomic E-state index is 0.293. The van der Waals surface area contributed by atoms with Crippen LogP contribution in [0.3, 0.4) is 0 Å². The minimum Gasteiger partial charge on any atom is -0.493 e. The third kappa shape index (κ3) is 5.08. The Morgan fingerprint density at radius 1 is 1.00 bits per heavy atom. The lowest BCUT2D eigenvalue weighted by molar-refractivity contribution is 0.0954. The maximum absolute atomic E-state index is 12.4. The highest BCUT2D eigenvalue weighted by Crippen LogP contribution is 2.27. The van der Waals surface area contributed by atoms with Crippen molar-refractivity contribution in [2.24, 2.45) is 11.0 Å². The van der Waals surface area contributed by atoms with E-state index in [2.05, 4.69) is 24.4 Å². The highest BCUT2D eigenvalue weighted by molar-refractivity contribution is 6.02. The van der Waals surface area contributed by atoms with E-state index >= 15 is 0 Å². The Balaban J connectivity index is 2.21. The van der Waals surface area contributed by atoms with Crippen LogP contribution in [0, 0.1) is 5.92 Å². The molecule has 0 heterocycles. The molecule has 0 aromatic heterocycles. The summed E-state index contributed by atoms with van der Waals surface area (Å²) in [5.41, 5.74) is 4.96. The molecule has 0 radical (unpaired) electrons. The maximum Gasteiger partial charge on any atom is 0.271 e. The standard InChI is InChI=1S/C20H24N2O3/c1-14(2)12-17(15-8-6-5-7-9-15)21-22-20(23)16-10-11-18(24-3)19(13-16)25-4/h5-11,13-14H,12H2,1-4H3,(H,22,23). The Kier molecular flexibility index (Phi) is 6.57. The number of carbonyl (C=O) groups excluding carboxylic acids is 1. The molecule has 0 bridgehead atoms. The van der Waals surface area contributed by atoms with Crippen LogP contribution < -0.4 is 14.9 Å². The van der Waals surface area contributed by atoms with Gasteiger partial charge in [-0.15, -0.1) is 0 Å². The van der Waals surface area contributed by atoms with Crippen LogP contribution in [-0.2, 0) is 0 Å². The van der Waals surface area contributed by atoms with Gasteiger partial charge in [0, 0.05) is 5.56 Å². The average Bonchev–Trinajstić information content (AvgIpc) is 2.64. The Bertz CT molecular complexity index is 740. The van der Waals surface area contributed by atoms with Crippen LogP contribution in [-0.4, -0.2) is 25.8 Å². The first-order chi connectivity index (χ1) is 12.0. The molecule has 0 aliphatic rings. The van der Waals surface area contributed by atoms with Crippen molar-refractivity contribution in [1.29, 1.82) is 0 Å². The number of amides is 1. The van der Waals surface area contributed by atoms with Crippen LogP contribution in [0.4, 0.5) is 0 Å². The summed E-state index contributed by atoms with van der Waals surface area (Å²) < 4.78 is 10.4. The van der Waals surface area contributed by atoms with Crippen molar-refractivity contribution in [3.05, 3.63) is 59.7 Å². The van der Waals surface area contributed by atoms with Gasteiger partial charge in [-0.05, 0) is 36.1 Å². The minimum atomic E-state index is -0.293. The topological polar surface area (TPSA) is 59.9 Å². The molecule has 5 heteroatoms. The highest BCUT2D eigenvalue weighted by Gasteiger charge is 2.12. The molecule has 0 fully saturated rings. The number of ether oxygens (including phenoxy) is 2. The molecular formula is C20H24N2O3. The summed E-state index contributed by atoms with van der Waals surface area (Å²) in [6.07, 6.45) is 0.774. The summed E-state index contributed by atoms with van der Waals surface area (Å²) in [5, 5.41) is 4.35. The summed E-state index contributed by atoms with van der Waals surface area (Å²) >= 11 is 0. The van der Waals surface area contributed by atoms with Gasteiger partial charge in [0.05, 0.1) is 19.9 Å². The maximum atomic E-state index is 12.4. The number of benzene rings is 2. The quantitative estimate of drug-likeness (QED) is 0.614. The predicted octanol–water partition coefficient (Wildman–Crippen LogP) is 3.88. The zero-order valence-electron chi connectivity index (χ0n) is 15.1. The molecule has 2 aromatic carbocycles. The predicted molar refractivity (Wildman–Crippen MR) is 99.4 cm³/mol. The highest BCUT2D eigenvalue weighted by atomic mass is 16.5. The number of methoxy groups -OCH3 is 2. The van der Waals surface area contributed by atoms with E-state index in [9.17, 15) is 4.79 Å². The molecule has 0 aliphatic carbocycles. The van der Waals surface area contributed by atoms with E-state index in [0.717, 1.165) is 17.7 Å². The Morgan fingerprint density at radius 3 is 2.28 bits per heavy atom. The lowest BCUT2D eigenvalue weighted by Crippen LogP contribution is -2.21. The van der Waals surface area contributed by atoms with Gasteiger partial charge in [-0.1, -0.05) is 44.2 Å². The Morgan fingerprint density at radius 2 is 1.68 bits per heavy atom. The van der Waals surface area contributed by atoms with Gasteiger partial charge in [0.15, 0.2) is 11.5 Å². The average molecular weight is 340 g/mol. The van der Waals surface area contributed by atoms with Crippen molar-refractivity contribution in [3.63, 3.8) is 0 Å². The first-order valence-corrected chi connectivity index (χ1v) is 8.19. The summed E-state index contributed by atoms with van der Waals surface area (Å²) in [6.45, 7) is 4.24. The smallest absolute Gasteiger partial charge is 0.271 e. The SMILES string of the molecule is COc1ccc(C(=O)NN=C(CC(C)C)c2ccccc2)cc1OC. The van der Waals surface area contributed by atoms with Gasteiger partial charge in [-0.3, -0.25) is 4.79 Å². The van der Waals surface area contributed by atoms with Crippen LogP contribution in [0.2, 0.25) is 0 Å². The molecule has 132 valence electrons. The number of nitrogens with one attached hydrogen (secondary N) is 1. The van der Waals surface area contributed by atoms with Gasteiger partial charge in [-0.25, -0.2) is 5.43 Å². The summed E-state index contributed by atoms with van der Waals surface area (Å²) in [4.78, 5) is 12.4. The molecule has 2 aromatic rings. The largest absolute Gasteiger partial charge is 0.493 e. The van der Waals surface area contributed by atoms with Crippen LogP contribution >= 0.6 is 0 Å². The van der Waals surface area contributed by atoms with Gasteiger partial charge in [-0.2, -0.15) is 5.10 Å². The van der Waals surface area contributed by atoms with Gasteiger partial charge >= 0.3 is 0 Å². The van der Waals surface area contributed by atoms with E-state index in [-0.39, 0.29) is 5.91 Å².